The number of nitrogens with one attached hydrogen (secondary N) is 3. The van der Waals surface area contributed by atoms with E-state index >= 15 is 0 Å². The monoisotopic (exact) mass is 347 g/mol. The Labute approximate surface area is 147 Å². The molecule has 0 bridgehead atoms. The molecule has 7 heteroatoms. The highest BCUT2D eigenvalue weighted by molar-refractivity contribution is 5.90. The summed E-state index contributed by atoms with van der Waals surface area (Å²) in [5.74, 6) is -1.39. The van der Waals surface area contributed by atoms with Gasteiger partial charge in [-0.25, -0.2) is 9.59 Å². The fourth-order valence-corrected chi connectivity index (χ4v) is 3.19. The van der Waals surface area contributed by atoms with Gasteiger partial charge in [-0.2, -0.15) is 0 Å². The fourth-order valence-electron chi connectivity index (χ4n) is 3.19. The van der Waals surface area contributed by atoms with Crippen molar-refractivity contribution >= 4 is 17.9 Å². The molecule has 3 amide bonds. The van der Waals surface area contributed by atoms with E-state index in [2.05, 4.69) is 16.0 Å². The summed E-state index contributed by atoms with van der Waals surface area (Å²) in [5, 5.41) is 17.5. The molecule has 7 nitrogen and oxygen atoms in total. The van der Waals surface area contributed by atoms with Crippen molar-refractivity contribution in [3.63, 3.8) is 0 Å². The second kappa shape index (κ2) is 8.00. The normalized spacial score (nSPS) is 18.5. The van der Waals surface area contributed by atoms with Crippen molar-refractivity contribution in [3.05, 3.63) is 35.4 Å². The summed E-state index contributed by atoms with van der Waals surface area (Å²) < 4.78 is 0. The molecular weight excluding hydrogens is 322 g/mol. The molecule has 0 spiro atoms. The van der Waals surface area contributed by atoms with Crippen molar-refractivity contribution in [2.45, 2.75) is 51.1 Å². The Balaban J connectivity index is 1.99. The highest BCUT2D eigenvalue weighted by Crippen LogP contribution is 2.37. The Hall–Kier alpha value is -2.57. The van der Waals surface area contributed by atoms with Gasteiger partial charge in [0.2, 0.25) is 5.91 Å². The molecule has 1 aliphatic carbocycles. The zero-order valence-electron chi connectivity index (χ0n) is 14.6. The highest BCUT2D eigenvalue weighted by Gasteiger charge is 2.46. The van der Waals surface area contributed by atoms with Crippen LogP contribution in [0, 0.1) is 0 Å². The molecule has 1 aromatic rings. The molecule has 0 heterocycles. The second-order valence-electron chi connectivity index (χ2n) is 6.26. The molecule has 1 aromatic carbocycles. The first kappa shape index (κ1) is 18.8. The van der Waals surface area contributed by atoms with Crippen LogP contribution in [-0.2, 0) is 21.5 Å². The van der Waals surface area contributed by atoms with Gasteiger partial charge in [0.15, 0.2) is 5.54 Å². The number of hydrogen-bond acceptors (Lipinski definition) is 3. The van der Waals surface area contributed by atoms with E-state index in [1.165, 1.54) is 0 Å². The number of benzene rings is 1. The van der Waals surface area contributed by atoms with Crippen LogP contribution in [0.25, 0.3) is 0 Å². The van der Waals surface area contributed by atoms with Gasteiger partial charge in [-0.3, -0.25) is 4.79 Å². The van der Waals surface area contributed by atoms with Gasteiger partial charge in [-0.1, -0.05) is 38.1 Å². The third-order valence-corrected chi connectivity index (χ3v) is 4.70. The van der Waals surface area contributed by atoms with Crippen LogP contribution in [0.3, 0.4) is 0 Å². The van der Waals surface area contributed by atoms with E-state index in [4.69, 9.17) is 0 Å². The van der Waals surface area contributed by atoms with Gasteiger partial charge in [-0.05, 0) is 36.8 Å². The molecule has 0 aliphatic heterocycles. The maximum Gasteiger partial charge on any atom is 0.334 e. The minimum absolute atomic E-state index is 0.0735. The number of aryl methyl sites for hydroxylation is 1. The van der Waals surface area contributed by atoms with Crippen LogP contribution in [0.4, 0.5) is 4.79 Å². The van der Waals surface area contributed by atoms with Gasteiger partial charge >= 0.3 is 12.0 Å². The van der Waals surface area contributed by atoms with Gasteiger partial charge in [0, 0.05) is 6.04 Å². The number of rotatable bonds is 7. The minimum Gasteiger partial charge on any atom is -0.479 e. The number of carboxylic acids is 1. The molecule has 2 rings (SSSR count). The maximum absolute atomic E-state index is 12.2. The van der Waals surface area contributed by atoms with Gasteiger partial charge in [0.1, 0.15) is 0 Å². The lowest BCUT2D eigenvalue weighted by Crippen LogP contribution is -2.55. The summed E-state index contributed by atoms with van der Waals surface area (Å²) in [5.41, 5.74) is 0.0581. The first-order valence-electron chi connectivity index (χ1n) is 8.60. The lowest BCUT2D eigenvalue weighted by Gasteiger charge is -2.27. The number of carbonyl (C=O) groups excluding carboxylic acids is 2. The second-order valence-corrected chi connectivity index (χ2v) is 6.26. The Morgan fingerprint density at radius 3 is 2.52 bits per heavy atom. The van der Waals surface area contributed by atoms with E-state index in [1.807, 2.05) is 26.0 Å². The Morgan fingerprint density at radius 2 is 1.88 bits per heavy atom. The molecule has 0 unspecified atom stereocenters. The van der Waals surface area contributed by atoms with Gasteiger partial charge in [0.05, 0.1) is 6.54 Å². The fraction of sp³-hybridized carbons (Fsp3) is 0.500. The standard InChI is InChI=1S/C18H25N3O4/c1-3-13(4-2)20-15(22)11-19-17(25)21-18(16(23)24)10-9-12-7-5-6-8-14(12)18/h5-8,13H,3-4,9-11H2,1-2H3,(H,20,22)(H,23,24)(H2,19,21,25)/t18-/m1/s1. The topological polar surface area (TPSA) is 108 Å². The highest BCUT2D eigenvalue weighted by atomic mass is 16.4. The minimum atomic E-state index is -1.45. The first-order chi connectivity index (χ1) is 11.9. The lowest BCUT2D eigenvalue weighted by atomic mass is 9.92. The Morgan fingerprint density at radius 1 is 1.20 bits per heavy atom. The lowest BCUT2D eigenvalue weighted by molar-refractivity contribution is -0.144. The third kappa shape index (κ3) is 4.10. The number of fused-ring (bicyclic) bond motifs is 1. The van der Waals surface area contributed by atoms with E-state index in [-0.39, 0.29) is 24.9 Å². The average Bonchev–Trinajstić information content (AvgIpc) is 2.98. The van der Waals surface area contributed by atoms with Gasteiger partial charge in [0.25, 0.3) is 0 Å². The SMILES string of the molecule is CCC(CC)NC(=O)CNC(=O)N[C@]1(C(=O)O)CCc2ccccc21. The molecule has 136 valence electrons. The molecule has 0 aromatic heterocycles. The summed E-state index contributed by atoms with van der Waals surface area (Å²) in [6.07, 6.45) is 2.49. The summed E-state index contributed by atoms with van der Waals surface area (Å²) in [7, 11) is 0. The Bertz CT molecular complexity index is 657. The third-order valence-electron chi connectivity index (χ3n) is 4.70. The van der Waals surface area contributed by atoms with Gasteiger partial charge < -0.3 is 21.1 Å². The van der Waals surface area contributed by atoms with Crippen LogP contribution in [0.1, 0.15) is 44.2 Å². The molecule has 25 heavy (non-hydrogen) atoms. The number of hydrogen-bond donors (Lipinski definition) is 4. The van der Waals surface area contributed by atoms with Crippen molar-refractivity contribution in [2.24, 2.45) is 0 Å². The molecule has 4 N–H and O–H groups in total. The van der Waals surface area contributed by atoms with Gasteiger partial charge in [-0.15, -0.1) is 0 Å². The average molecular weight is 347 g/mol. The smallest absolute Gasteiger partial charge is 0.334 e. The maximum atomic E-state index is 12.2. The van der Waals surface area contributed by atoms with Crippen LogP contribution in [-0.4, -0.2) is 35.6 Å². The van der Waals surface area contributed by atoms with E-state index in [0.29, 0.717) is 12.0 Å². The number of urea groups is 1. The number of carboxylic acid groups (broad SMARTS) is 1. The van der Waals surface area contributed by atoms with Crippen molar-refractivity contribution in [2.75, 3.05) is 6.54 Å². The van der Waals surface area contributed by atoms with E-state index in [0.717, 1.165) is 18.4 Å². The molecule has 0 saturated carbocycles. The zero-order chi connectivity index (χ0) is 18.4. The van der Waals surface area contributed by atoms with Crippen LogP contribution < -0.4 is 16.0 Å². The zero-order valence-corrected chi connectivity index (χ0v) is 14.6. The predicted octanol–water partition coefficient (Wildman–Crippen LogP) is 1.52. The Kier molecular flexibility index (Phi) is 6.01. The summed E-state index contributed by atoms with van der Waals surface area (Å²) in [6, 6.07) is 6.59. The summed E-state index contributed by atoms with van der Waals surface area (Å²) in [4.78, 5) is 35.9. The largest absolute Gasteiger partial charge is 0.479 e. The molecule has 0 fully saturated rings. The quantitative estimate of drug-likeness (QED) is 0.600. The number of carbonyl (C=O) groups is 3. The van der Waals surface area contributed by atoms with Crippen molar-refractivity contribution < 1.29 is 19.5 Å². The van der Waals surface area contributed by atoms with Crippen LogP contribution in [0.2, 0.25) is 0 Å². The van der Waals surface area contributed by atoms with Crippen LogP contribution in [0.5, 0.6) is 0 Å². The molecule has 1 aliphatic rings. The van der Waals surface area contributed by atoms with Crippen LogP contribution in [0.15, 0.2) is 24.3 Å². The van der Waals surface area contributed by atoms with Crippen molar-refractivity contribution in [1.29, 1.82) is 0 Å². The van der Waals surface area contributed by atoms with Crippen molar-refractivity contribution in [3.8, 4) is 0 Å². The first-order valence-corrected chi connectivity index (χ1v) is 8.60. The van der Waals surface area contributed by atoms with Crippen molar-refractivity contribution in [1.82, 2.24) is 16.0 Å². The molecule has 0 radical (unpaired) electrons. The summed E-state index contributed by atoms with van der Waals surface area (Å²) in [6.45, 7) is 3.76. The van der Waals surface area contributed by atoms with E-state index in [9.17, 15) is 19.5 Å². The summed E-state index contributed by atoms with van der Waals surface area (Å²) >= 11 is 0. The number of aliphatic carboxylic acids is 1. The predicted molar refractivity (Wildman–Crippen MR) is 93.1 cm³/mol. The molecular formula is C18H25N3O4. The van der Waals surface area contributed by atoms with E-state index < -0.39 is 17.5 Å². The molecule has 0 saturated heterocycles. The molecule has 1 atom stereocenters. The number of amides is 3. The van der Waals surface area contributed by atoms with E-state index in [1.54, 1.807) is 12.1 Å². The van der Waals surface area contributed by atoms with Crippen LogP contribution >= 0.6 is 0 Å².